The van der Waals surface area contributed by atoms with E-state index in [4.69, 9.17) is 9.47 Å². The van der Waals surface area contributed by atoms with Gasteiger partial charge in [-0.05, 0) is 20.8 Å². The molecule has 19 heavy (non-hydrogen) atoms. The Labute approximate surface area is 119 Å². The first-order valence-electron chi connectivity index (χ1n) is 6.72. The van der Waals surface area contributed by atoms with Crippen LogP contribution in [0.15, 0.2) is 5.38 Å². The Morgan fingerprint density at radius 1 is 1.26 bits per heavy atom. The maximum Gasteiger partial charge on any atom is 0.185 e. The van der Waals surface area contributed by atoms with Gasteiger partial charge in [0.05, 0.1) is 25.0 Å². The van der Waals surface area contributed by atoms with Crippen molar-refractivity contribution in [3.63, 3.8) is 0 Å². The molecular weight excluding hydrogens is 264 g/mol. The Morgan fingerprint density at radius 3 is 2.26 bits per heavy atom. The van der Waals surface area contributed by atoms with Gasteiger partial charge in [0, 0.05) is 31.7 Å². The Kier molecular flexibility index (Phi) is 7.97. The van der Waals surface area contributed by atoms with E-state index in [9.17, 15) is 5.11 Å². The molecule has 0 saturated heterocycles. The molecule has 0 saturated carbocycles. The molecule has 0 aliphatic heterocycles. The van der Waals surface area contributed by atoms with Gasteiger partial charge in [0.2, 0.25) is 0 Å². The zero-order valence-electron chi connectivity index (χ0n) is 12.0. The standard InChI is InChI=1S/C13H24N2O3S/c1-4-17-8-6-15(7-9-18-5-2)13-14-12(10-19-13)11(3)16/h10-11,16H,4-9H2,1-3H3. The van der Waals surface area contributed by atoms with Crippen LogP contribution in [0.4, 0.5) is 5.13 Å². The topological polar surface area (TPSA) is 54.8 Å². The van der Waals surface area contributed by atoms with Crippen molar-refractivity contribution in [1.82, 2.24) is 4.98 Å². The molecule has 5 nitrogen and oxygen atoms in total. The number of hydrogen-bond acceptors (Lipinski definition) is 6. The van der Waals surface area contributed by atoms with Gasteiger partial charge in [0.25, 0.3) is 0 Å². The Hall–Kier alpha value is -0.690. The number of anilines is 1. The van der Waals surface area contributed by atoms with Crippen molar-refractivity contribution in [3.8, 4) is 0 Å². The molecule has 0 spiro atoms. The average Bonchev–Trinajstić information content (AvgIpc) is 2.87. The van der Waals surface area contributed by atoms with Crippen LogP contribution in [0.2, 0.25) is 0 Å². The first-order chi connectivity index (χ1) is 9.19. The van der Waals surface area contributed by atoms with Crippen molar-refractivity contribution < 1.29 is 14.6 Å². The van der Waals surface area contributed by atoms with Gasteiger partial charge >= 0.3 is 0 Å². The molecule has 0 fully saturated rings. The minimum Gasteiger partial charge on any atom is -0.387 e. The third-order valence-corrected chi connectivity index (χ3v) is 3.55. The van der Waals surface area contributed by atoms with Gasteiger partial charge in [-0.15, -0.1) is 11.3 Å². The first-order valence-corrected chi connectivity index (χ1v) is 7.60. The quantitative estimate of drug-likeness (QED) is 0.668. The number of thiazole rings is 1. The molecule has 1 rings (SSSR count). The highest BCUT2D eigenvalue weighted by Crippen LogP contribution is 2.23. The van der Waals surface area contributed by atoms with Crippen LogP contribution in [0.5, 0.6) is 0 Å². The molecule has 0 aromatic carbocycles. The number of aromatic nitrogens is 1. The second-order valence-electron chi connectivity index (χ2n) is 4.11. The predicted molar refractivity (Wildman–Crippen MR) is 77.9 cm³/mol. The monoisotopic (exact) mass is 288 g/mol. The molecule has 110 valence electrons. The maximum absolute atomic E-state index is 9.52. The maximum atomic E-state index is 9.52. The fraction of sp³-hybridized carbons (Fsp3) is 0.769. The molecule has 6 heteroatoms. The van der Waals surface area contributed by atoms with Gasteiger partial charge in [-0.3, -0.25) is 0 Å². The highest BCUT2D eigenvalue weighted by molar-refractivity contribution is 7.13. The minimum atomic E-state index is -0.523. The normalized spacial score (nSPS) is 12.6. The summed E-state index contributed by atoms with van der Waals surface area (Å²) >= 11 is 1.55. The van der Waals surface area contributed by atoms with Crippen molar-refractivity contribution >= 4 is 16.5 Å². The number of aliphatic hydroxyl groups excluding tert-OH is 1. The van der Waals surface area contributed by atoms with Gasteiger partial charge in [-0.25, -0.2) is 4.98 Å². The number of hydrogen-bond donors (Lipinski definition) is 1. The van der Waals surface area contributed by atoms with E-state index in [1.807, 2.05) is 19.2 Å². The lowest BCUT2D eigenvalue weighted by Gasteiger charge is -2.21. The number of nitrogens with zero attached hydrogens (tertiary/aromatic N) is 2. The zero-order valence-corrected chi connectivity index (χ0v) is 12.8. The molecule has 1 aromatic rings. The molecule has 0 radical (unpaired) electrons. The summed E-state index contributed by atoms with van der Waals surface area (Å²) in [6, 6.07) is 0. The minimum absolute atomic E-state index is 0.523. The summed E-state index contributed by atoms with van der Waals surface area (Å²) in [6.07, 6.45) is -0.523. The van der Waals surface area contributed by atoms with Crippen LogP contribution >= 0.6 is 11.3 Å². The Balaban J connectivity index is 2.58. The largest absolute Gasteiger partial charge is 0.387 e. The molecule has 0 aliphatic carbocycles. The van der Waals surface area contributed by atoms with E-state index < -0.39 is 6.10 Å². The smallest absolute Gasteiger partial charge is 0.185 e. The fourth-order valence-electron chi connectivity index (χ4n) is 1.55. The molecular formula is C13H24N2O3S. The molecule has 1 unspecified atom stereocenters. The van der Waals surface area contributed by atoms with E-state index in [1.54, 1.807) is 18.3 Å². The van der Waals surface area contributed by atoms with Crippen molar-refractivity contribution in [2.75, 3.05) is 44.4 Å². The van der Waals surface area contributed by atoms with Crippen LogP contribution < -0.4 is 4.90 Å². The second kappa shape index (κ2) is 9.25. The summed E-state index contributed by atoms with van der Waals surface area (Å²) in [6.45, 7) is 10.1. The van der Waals surface area contributed by atoms with Crippen LogP contribution in [0.1, 0.15) is 32.6 Å². The van der Waals surface area contributed by atoms with E-state index in [0.717, 1.165) is 37.1 Å². The van der Waals surface area contributed by atoms with Crippen molar-refractivity contribution in [2.45, 2.75) is 26.9 Å². The average molecular weight is 288 g/mol. The molecule has 1 atom stereocenters. The predicted octanol–water partition coefficient (Wildman–Crippen LogP) is 2.08. The van der Waals surface area contributed by atoms with E-state index in [2.05, 4.69) is 9.88 Å². The molecule has 0 aliphatic rings. The lowest BCUT2D eigenvalue weighted by molar-refractivity contribution is 0.141. The molecule has 1 aromatic heterocycles. The van der Waals surface area contributed by atoms with Crippen LogP contribution in [0.25, 0.3) is 0 Å². The van der Waals surface area contributed by atoms with E-state index in [0.29, 0.717) is 13.2 Å². The summed E-state index contributed by atoms with van der Waals surface area (Å²) in [5.74, 6) is 0. The summed E-state index contributed by atoms with van der Waals surface area (Å²) in [5, 5.41) is 12.3. The Bertz CT molecular complexity index is 334. The first kappa shape index (κ1) is 16.4. The van der Waals surface area contributed by atoms with Gasteiger partial charge in [0.1, 0.15) is 0 Å². The fourth-order valence-corrected chi connectivity index (χ4v) is 2.52. The van der Waals surface area contributed by atoms with Crippen molar-refractivity contribution in [1.29, 1.82) is 0 Å². The summed E-state index contributed by atoms with van der Waals surface area (Å²) in [4.78, 5) is 6.59. The molecule has 0 amide bonds. The van der Waals surface area contributed by atoms with E-state index >= 15 is 0 Å². The zero-order chi connectivity index (χ0) is 14.1. The highest BCUT2D eigenvalue weighted by Gasteiger charge is 2.13. The molecule has 1 N–H and O–H groups in total. The van der Waals surface area contributed by atoms with Crippen LogP contribution in [-0.4, -0.2) is 49.6 Å². The lowest BCUT2D eigenvalue weighted by Crippen LogP contribution is -2.31. The van der Waals surface area contributed by atoms with E-state index in [-0.39, 0.29) is 0 Å². The molecule has 0 bridgehead atoms. The number of aliphatic hydroxyl groups is 1. The van der Waals surface area contributed by atoms with Crippen molar-refractivity contribution in [2.24, 2.45) is 0 Å². The second-order valence-corrected chi connectivity index (χ2v) is 4.95. The summed E-state index contributed by atoms with van der Waals surface area (Å²) < 4.78 is 10.8. The lowest BCUT2D eigenvalue weighted by atomic mass is 10.3. The van der Waals surface area contributed by atoms with Crippen LogP contribution in [0.3, 0.4) is 0 Å². The van der Waals surface area contributed by atoms with Gasteiger partial charge in [0.15, 0.2) is 5.13 Å². The van der Waals surface area contributed by atoms with Crippen LogP contribution in [-0.2, 0) is 9.47 Å². The van der Waals surface area contributed by atoms with E-state index in [1.165, 1.54) is 0 Å². The summed E-state index contributed by atoms with van der Waals surface area (Å²) in [7, 11) is 0. The number of ether oxygens (including phenoxy) is 2. The molecule has 1 heterocycles. The van der Waals surface area contributed by atoms with Gasteiger partial charge in [-0.1, -0.05) is 0 Å². The van der Waals surface area contributed by atoms with Gasteiger partial charge in [-0.2, -0.15) is 0 Å². The SMILES string of the molecule is CCOCCN(CCOCC)c1nc(C(C)O)cs1. The third-order valence-electron chi connectivity index (χ3n) is 2.63. The third kappa shape index (κ3) is 5.86. The summed E-state index contributed by atoms with van der Waals surface area (Å²) in [5.41, 5.74) is 0.720. The highest BCUT2D eigenvalue weighted by atomic mass is 32.1. The Morgan fingerprint density at radius 2 is 1.84 bits per heavy atom. The van der Waals surface area contributed by atoms with Crippen LogP contribution in [0, 0.1) is 0 Å². The number of rotatable bonds is 10. The van der Waals surface area contributed by atoms with Crippen molar-refractivity contribution in [3.05, 3.63) is 11.1 Å². The van der Waals surface area contributed by atoms with Gasteiger partial charge < -0.3 is 19.5 Å².